The molecule has 0 amide bonds. The largest absolute Gasteiger partial charge is 0.418 e. The van der Waals surface area contributed by atoms with Gasteiger partial charge in [0.2, 0.25) is 0 Å². The third-order valence-electron chi connectivity index (χ3n) is 2.32. The number of aliphatic hydroxyl groups is 2. The van der Waals surface area contributed by atoms with Crippen LogP contribution in [0.4, 0.5) is 24.5 Å². The molecule has 0 aliphatic carbocycles. The van der Waals surface area contributed by atoms with Gasteiger partial charge in [-0.2, -0.15) is 13.2 Å². The maximum atomic E-state index is 12.9. The minimum Gasteiger partial charge on any atom is -0.394 e. The van der Waals surface area contributed by atoms with Gasteiger partial charge in [-0.25, -0.2) is 0 Å². The summed E-state index contributed by atoms with van der Waals surface area (Å²) in [6, 6.07) is 1.42. The van der Waals surface area contributed by atoms with Gasteiger partial charge in [0.25, 0.3) is 5.69 Å². The Balaban J connectivity index is 3.24. The molecule has 1 unspecified atom stereocenters. The molecule has 112 valence electrons. The van der Waals surface area contributed by atoms with Crippen molar-refractivity contribution in [2.24, 2.45) is 0 Å². The standard InChI is InChI=1S/C10H10F3IN2O4/c11-10(12,13)7-1-5(16(19)20)2-8(14)9(7)15-3-6(18)4-17/h1-2,6,15,17-18H,3-4H2. The predicted molar refractivity (Wildman–Crippen MR) is 72.4 cm³/mol. The van der Waals surface area contributed by atoms with Gasteiger partial charge in [-0.3, -0.25) is 10.1 Å². The number of alkyl halides is 3. The van der Waals surface area contributed by atoms with Crippen LogP contribution in [0.2, 0.25) is 0 Å². The lowest BCUT2D eigenvalue weighted by Gasteiger charge is -2.17. The van der Waals surface area contributed by atoms with Gasteiger partial charge in [-0.05, 0) is 22.6 Å². The summed E-state index contributed by atoms with van der Waals surface area (Å²) >= 11 is 1.53. The van der Waals surface area contributed by atoms with E-state index in [0.717, 1.165) is 6.07 Å². The van der Waals surface area contributed by atoms with Crippen molar-refractivity contribution in [2.75, 3.05) is 18.5 Å². The lowest BCUT2D eigenvalue weighted by Crippen LogP contribution is -2.24. The fraction of sp³-hybridized carbons (Fsp3) is 0.400. The van der Waals surface area contributed by atoms with Gasteiger partial charge < -0.3 is 15.5 Å². The number of nitrogens with one attached hydrogen (secondary N) is 1. The Kier molecular flexibility index (Phi) is 5.53. The minimum atomic E-state index is -4.78. The summed E-state index contributed by atoms with van der Waals surface area (Å²) in [7, 11) is 0. The molecule has 20 heavy (non-hydrogen) atoms. The normalized spacial score (nSPS) is 13.1. The number of non-ortho nitro benzene ring substituents is 1. The molecule has 0 saturated carbocycles. The summed E-state index contributed by atoms with van der Waals surface area (Å²) < 4.78 is 38.7. The highest BCUT2D eigenvalue weighted by molar-refractivity contribution is 14.1. The number of anilines is 1. The zero-order valence-corrected chi connectivity index (χ0v) is 12.0. The van der Waals surface area contributed by atoms with Gasteiger partial charge in [-0.15, -0.1) is 0 Å². The second kappa shape index (κ2) is 6.54. The van der Waals surface area contributed by atoms with Crippen LogP contribution >= 0.6 is 22.6 Å². The van der Waals surface area contributed by atoms with E-state index < -0.39 is 35.1 Å². The fourth-order valence-corrected chi connectivity index (χ4v) is 2.19. The summed E-state index contributed by atoms with van der Waals surface area (Å²) in [6.45, 7) is -0.925. The number of nitro groups is 1. The fourth-order valence-electron chi connectivity index (χ4n) is 1.39. The number of hydrogen-bond donors (Lipinski definition) is 3. The van der Waals surface area contributed by atoms with Crippen LogP contribution in [0.15, 0.2) is 12.1 Å². The molecule has 1 aromatic rings. The average molecular weight is 406 g/mol. The van der Waals surface area contributed by atoms with E-state index in [9.17, 15) is 23.3 Å². The maximum absolute atomic E-state index is 12.9. The van der Waals surface area contributed by atoms with E-state index >= 15 is 0 Å². The molecule has 0 aromatic heterocycles. The minimum absolute atomic E-state index is 0.00531. The second-order valence-electron chi connectivity index (χ2n) is 3.82. The van der Waals surface area contributed by atoms with Crippen molar-refractivity contribution < 1.29 is 28.3 Å². The van der Waals surface area contributed by atoms with Gasteiger partial charge in [0.1, 0.15) is 0 Å². The number of halogens is 4. The molecule has 0 radical (unpaired) electrons. The van der Waals surface area contributed by atoms with Gasteiger partial charge in [-0.1, -0.05) is 0 Å². The maximum Gasteiger partial charge on any atom is 0.418 e. The third-order valence-corrected chi connectivity index (χ3v) is 3.17. The van der Waals surface area contributed by atoms with Crippen LogP contribution in [0, 0.1) is 13.7 Å². The van der Waals surface area contributed by atoms with Gasteiger partial charge in [0, 0.05) is 22.2 Å². The Hall–Kier alpha value is -1.14. The van der Waals surface area contributed by atoms with E-state index in [0.29, 0.717) is 6.07 Å². The topological polar surface area (TPSA) is 95.6 Å². The third kappa shape index (κ3) is 4.18. The van der Waals surface area contributed by atoms with Crippen LogP contribution in [0.25, 0.3) is 0 Å². The summed E-state index contributed by atoms with van der Waals surface area (Å²) in [5, 5.41) is 30.7. The molecule has 0 saturated heterocycles. The second-order valence-corrected chi connectivity index (χ2v) is 4.98. The van der Waals surface area contributed by atoms with Crippen LogP contribution in [0.3, 0.4) is 0 Å². The van der Waals surface area contributed by atoms with Gasteiger partial charge in [0.15, 0.2) is 0 Å². The lowest BCUT2D eigenvalue weighted by atomic mass is 10.1. The van der Waals surface area contributed by atoms with Gasteiger partial charge in [0.05, 0.1) is 28.9 Å². The van der Waals surface area contributed by atoms with E-state index in [1.807, 2.05) is 0 Å². The quantitative estimate of drug-likeness (QED) is 0.395. The molecular weight excluding hydrogens is 396 g/mol. The Bertz CT molecular complexity index is 510. The zero-order valence-electron chi connectivity index (χ0n) is 9.82. The highest BCUT2D eigenvalue weighted by Crippen LogP contribution is 2.39. The van der Waals surface area contributed by atoms with Crippen LogP contribution < -0.4 is 5.32 Å². The van der Waals surface area contributed by atoms with E-state index in [1.54, 1.807) is 0 Å². The molecule has 10 heteroatoms. The molecule has 6 nitrogen and oxygen atoms in total. The van der Waals surface area contributed by atoms with Crippen molar-refractivity contribution in [3.05, 3.63) is 31.4 Å². The molecule has 0 bridgehead atoms. The number of hydrogen-bond acceptors (Lipinski definition) is 5. The van der Waals surface area contributed by atoms with Crippen molar-refractivity contribution in [2.45, 2.75) is 12.3 Å². The SMILES string of the molecule is O=[N+]([O-])c1cc(I)c(NCC(O)CO)c(C(F)(F)F)c1. The van der Waals surface area contributed by atoms with Crippen LogP contribution in [0.5, 0.6) is 0 Å². The van der Waals surface area contributed by atoms with E-state index in [1.165, 1.54) is 22.6 Å². The average Bonchev–Trinajstić information content (AvgIpc) is 2.34. The Morgan fingerprint density at radius 2 is 2.05 bits per heavy atom. The molecule has 1 atom stereocenters. The first-order valence-electron chi connectivity index (χ1n) is 5.24. The van der Waals surface area contributed by atoms with Crippen LogP contribution in [0.1, 0.15) is 5.56 Å². The summed E-state index contributed by atoms with van der Waals surface area (Å²) in [4.78, 5) is 9.68. The molecule has 0 aliphatic heterocycles. The van der Waals surface area contributed by atoms with Crippen molar-refractivity contribution >= 4 is 34.0 Å². The zero-order chi connectivity index (χ0) is 15.5. The molecular formula is C10H10F3IN2O4. The monoisotopic (exact) mass is 406 g/mol. The molecule has 0 heterocycles. The number of benzene rings is 1. The summed E-state index contributed by atoms with van der Waals surface area (Å²) in [5.41, 5.74) is -2.23. The molecule has 0 fully saturated rings. The van der Waals surface area contributed by atoms with Gasteiger partial charge >= 0.3 is 6.18 Å². The number of aliphatic hydroxyl groups excluding tert-OH is 2. The molecule has 0 spiro atoms. The smallest absolute Gasteiger partial charge is 0.394 e. The number of rotatable bonds is 5. The highest BCUT2D eigenvalue weighted by atomic mass is 127. The molecule has 3 N–H and O–H groups in total. The van der Waals surface area contributed by atoms with Crippen molar-refractivity contribution in [3.8, 4) is 0 Å². The van der Waals surface area contributed by atoms with Crippen molar-refractivity contribution in [1.29, 1.82) is 0 Å². The van der Waals surface area contributed by atoms with E-state index in [-0.39, 0.29) is 15.8 Å². The first-order valence-corrected chi connectivity index (χ1v) is 6.32. The van der Waals surface area contributed by atoms with Crippen LogP contribution in [-0.4, -0.2) is 34.4 Å². The first kappa shape index (κ1) is 16.9. The Morgan fingerprint density at radius 3 is 2.50 bits per heavy atom. The Morgan fingerprint density at radius 1 is 1.45 bits per heavy atom. The van der Waals surface area contributed by atoms with Crippen LogP contribution in [-0.2, 0) is 6.18 Å². The lowest BCUT2D eigenvalue weighted by molar-refractivity contribution is -0.385. The van der Waals surface area contributed by atoms with Crippen molar-refractivity contribution in [3.63, 3.8) is 0 Å². The highest BCUT2D eigenvalue weighted by Gasteiger charge is 2.36. The summed E-state index contributed by atoms with van der Waals surface area (Å²) in [5.74, 6) is 0. The first-order chi connectivity index (χ1) is 9.16. The molecule has 1 aromatic carbocycles. The molecule has 1 rings (SSSR count). The predicted octanol–water partition coefficient (Wildman–Crippen LogP) is 1.98. The van der Waals surface area contributed by atoms with E-state index in [2.05, 4.69) is 5.32 Å². The number of nitrogens with zero attached hydrogens (tertiary/aromatic N) is 1. The van der Waals surface area contributed by atoms with Crippen molar-refractivity contribution in [1.82, 2.24) is 0 Å². The number of nitro benzene ring substituents is 1. The molecule has 0 aliphatic rings. The van der Waals surface area contributed by atoms with E-state index in [4.69, 9.17) is 10.2 Å². The summed E-state index contributed by atoms with van der Waals surface area (Å²) in [6.07, 6.45) is -6.01. The Labute approximate surface area is 124 Å².